The number of nitrogens with one attached hydrogen (secondary N) is 1. The minimum absolute atomic E-state index is 0.211. The van der Waals surface area contributed by atoms with Gasteiger partial charge >= 0.3 is 5.97 Å². The monoisotopic (exact) mass is 410 g/mol. The number of methoxy groups -OCH3 is 1. The zero-order chi connectivity index (χ0) is 21.3. The number of hydrogen-bond donors (Lipinski definition) is 2. The van der Waals surface area contributed by atoms with Gasteiger partial charge in [0.2, 0.25) is 0 Å². The Balaban J connectivity index is 1.70. The number of ether oxygens (including phenoxy) is 1. The number of carbonyl (C=O) groups is 1. The molecule has 0 saturated heterocycles. The molecule has 1 aromatic heterocycles. The van der Waals surface area contributed by atoms with Crippen molar-refractivity contribution in [3.8, 4) is 0 Å². The van der Waals surface area contributed by atoms with Crippen molar-refractivity contribution < 1.29 is 19.0 Å². The molecule has 4 aliphatic rings. The Morgan fingerprint density at radius 2 is 2.03 bits per heavy atom. The SMILES string of the molecule is COC(=O)C(O)c1cc2n(c(=O)c1C)CC1=C2NC2C=C(F)C(C)=C3CCCC1=C32. The number of fused-ring (bicyclic) bond motifs is 3. The number of esters is 1. The van der Waals surface area contributed by atoms with Gasteiger partial charge in [0, 0.05) is 16.7 Å². The first-order valence-electron chi connectivity index (χ1n) is 10.1. The fourth-order valence-electron chi connectivity index (χ4n) is 5.19. The molecule has 156 valence electrons. The summed E-state index contributed by atoms with van der Waals surface area (Å²) in [5.74, 6) is -1.02. The fraction of sp³-hybridized carbons (Fsp3) is 0.391. The molecule has 7 heteroatoms. The number of pyridine rings is 1. The average Bonchev–Trinajstić information content (AvgIpc) is 3.12. The molecule has 5 rings (SSSR count). The van der Waals surface area contributed by atoms with E-state index in [2.05, 4.69) is 10.1 Å². The van der Waals surface area contributed by atoms with Gasteiger partial charge in [0.1, 0.15) is 5.83 Å². The molecule has 2 unspecified atom stereocenters. The Kier molecular flexibility index (Phi) is 4.15. The van der Waals surface area contributed by atoms with Crippen molar-refractivity contribution >= 4 is 11.7 Å². The third kappa shape index (κ3) is 2.45. The number of hydrogen-bond acceptors (Lipinski definition) is 5. The molecule has 0 bridgehead atoms. The smallest absolute Gasteiger partial charge is 0.339 e. The fourth-order valence-corrected chi connectivity index (χ4v) is 5.19. The molecular formula is C23H23FN2O4. The average molecular weight is 410 g/mol. The lowest BCUT2D eigenvalue weighted by Crippen LogP contribution is -2.37. The van der Waals surface area contributed by atoms with Crippen molar-refractivity contribution in [3.63, 3.8) is 0 Å². The van der Waals surface area contributed by atoms with Crippen LogP contribution in [0.5, 0.6) is 0 Å². The van der Waals surface area contributed by atoms with Gasteiger partial charge in [-0.2, -0.15) is 0 Å². The summed E-state index contributed by atoms with van der Waals surface area (Å²) in [7, 11) is 1.19. The summed E-state index contributed by atoms with van der Waals surface area (Å²) < 4.78 is 20.9. The summed E-state index contributed by atoms with van der Waals surface area (Å²) >= 11 is 0. The van der Waals surface area contributed by atoms with Crippen molar-refractivity contribution in [1.82, 2.24) is 9.88 Å². The Morgan fingerprint density at radius 3 is 2.77 bits per heavy atom. The Labute approximate surface area is 173 Å². The number of aromatic nitrogens is 1. The first-order valence-corrected chi connectivity index (χ1v) is 10.1. The zero-order valence-electron chi connectivity index (χ0n) is 17.1. The van der Waals surface area contributed by atoms with E-state index in [-0.39, 0.29) is 23.0 Å². The number of allylic oxidation sites excluding steroid dienone is 4. The maximum Gasteiger partial charge on any atom is 0.339 e. The van der Waals surface area contributed by atoms with Gasteiger partial charge in [0.15, 0.2) is 6.10 Å². The molecule has 0 amide bonds. The van der Waals surface area contributed by atoms with Crippen LogP contribution in [0.25, 0.3) is 5.70 Å². The normalized spacial score (nSPS) is 22.8. The molecule has 0 radical (unpaired) electrons. The molecule has 30 heavy (non-hydrogen) atoms. The van der Waals surface area contributed by atoms with Gasteiger partial charge in [0.05, 0.1) is 31.1 Å². The van der Waals surface area contributed by atoms with Gasteiger partial charge in [-0.1, -0.05) is 0 Å². The number of aliphatic hydroxyl groups excluding tert-OH is 1. The molecule has 2 aliphatic carbocycles. The van der Waals surface area contributed by atoms with Gasteiger partial charge in [-0.3, -0.25) is 4.79 Å². The first-order chi connectivity index (χ1) is 14.3. The maximum absolute atomic E-state index is 14.6. The second-order valence-corrected chi connectivity index (χ2v) is 8.27. The van der Waals surface area contributed by atoms with Crippen LogP contribution in [0.4, 0.5) is 4.39 Å². The lowest BCUT2D eigenvalue weighted by atomic mass is 9.74. The van der Waals surface area contributed by atoms with Crippen molar-refractivity contribution in [2.24, 2.45) is 0 Å². The molecule has 3 heterocycles. The Morgan fingerprint density at radius 1 is 1.30 bits per heavy atom. The molecule has 0 fully saturated rings. The quantitative estimate of drug-likeness (QED) is 0.733. The Hall–Kier alpha value is -2.93. The second-order valence-electron chi connectivity index (χ2n) is 8.27. The minimum Gasteiger partial charge on any atom is -0.467 e. The number of halogens is 1. The van der Waals surface area contributed by atoms with Crippen LogP contribution in [-0.4, -0.2) is 28.8 Å². The lowest BCUT2D eigenvalue weighted by Gasteiger charge is -2.37. The van der Waals surface area contributed by atoms with Crippen LogP contribution in [0.2, 0.25) is 0 Å². The summed E-state index contributed by atoms with van der Waals surface area (Å²) in [6.45, 7) is 3.86. The largest absolute Gasteiger partial charge is 0.467 e. The number of nitrogens with zero attached hydrogens (tertiary/aromatic N) is 1. The Bertz CT molecular complexity index is 1200. The lowest BCUT2D eigenvalue weighted by molar-refractivity contribution is -0.150. The van der Waals surface area contributed by atoms with Crippen molar-refractivity contribution in [2.45, 2.75) is 51.8 Å². The van der Waals surface area contributed by atoms with Gasteiger partial charge in [0.25, 0.3) is 5.56 Å². The highest BCUT2D eigenvalue weighted by atomic mass is 19.1. The van der Waals surface area contributed by atoms with Crippen LogP contribution >= 0.6 is 0 Å². The van der Waals surface area contributed by atoms with E-state index in [1.807, 2.05) is 6.92 Å². The zero-order valence-corrected chi connectivity index (χ0v) is 17.1. The predicted octanol–water partition coefficient (Wildman–Crippen LogP) is 2.72. The molecule has 6 nitrogen and oxygen atoms in total. The van der Waals surface area contributed by atoms with Gasteiger partial charge in [-0.15, -0.1) is 0 Å². The van der Waals surface area contributed by atoms with E-state index >= 15 is 0 Å². The van der Waals surface area contributed by atoms with E-state index in [4.69, 9.17) is 0 Å². The van der Waals surface area contributed by atoms with E-state index in [9.17, 15) is 19.1 Å². The minimum atomic E-state index is -1.53. The first kappa shape index (κ1) is 19.1. The van der Waals surface area contributed by atoms with Crippen molar-refractivity contribution in [1.29, 1.82) is 0 Å². The van der Waals surface area contributed by atoms with Crippen LogP contribution in [0, 0.1) is 6.92 Å². The van der Waals surface area contributed by atoms with Gasteiger partial charge < -0.3 is 19.7 Å². The van der Waals surface area contributed by atoms with Crippen LogP contribution in [0.15, 0.2) is 50.6 Å². The summed E-state index contributed by atoms with van der Waals surface area (Å²) in [4.78, 5) is 25.0. The highest BCUT2D eigenvalue weighted by Gasteiger charge is 2.39. The summed E-state index contributed by atoms with van der Waals surface area (Å²) in [6.07, 6.45) is 2.75. The number of aliphatic hydroxyl groups is 1. The molecule has 0 aromatic carbocycles. The number of dihydropyridines is 1. The van der Waals surface area contributed by atoms with Crippen LogP contribution in [0.1, 0.15) is 49.1 Å². The summed E-state index contributed by atoms with van der Waals surface area (Å²) in [5.41, 5.74) is 6.84. The van der Waals surface area contributed by atoms with E-state index in [0.29, 0.717) is 23.4 Å². The summed E-state index contributed by atoms with van der Waals surface area (Å²) in [6, 6.07) is 1.39. The van der Waals surface area contributed by atoms with E-state index in [1.54, 1.807) is 23.6 Å². The third-order valence-corrected chi connectivity index (χ3v) is 6.78. The van der Waals surface area contributed by atoms with Crippen molar-refractivity contribution in [3.05, 3.63) is 73.0 Å². The number of rotatable bonds is 2. The summed E-state index contributed by atoms with van der Waals surface area (Å²) in [5, 5.41) is 13.8. The highest BCUT2D eigenvalue weighted by Crippen LogP contribution is 2.47. The molecule has 1 aromatic rings. The molecule has 0 saturated carbocycles. The van der Waals surface area contributed by atoms with Crippen molar-refractivity contribution in [2.75, 3.05) is 7.11 Å². The standard InChI is InChI=1S/C23H23FN2O4/c1-10-12-5-4-6-13-15-9-26-18(20(15)25-17(19(12)13)8-16(10)24)7-14(11(2)22(26)28)21(27)23(29)30-3/h7-8,17,21,25,27H,4-6,9H2,1-3H3. The highest BCUT2D eigenvalue weighted by molar-refractivity contribution is 5.81. The molecule has 2 aliphatic heterocycles. The van der Waals surface area contributed by atoms with E-state index in [1.165, 1.54) is 12.7 Å². The van der Waals surface area contributed by atoms with Crippen LogP contribution in [0.3, 0.4) is 0 Å². The van der Waals surface area contributed by atoms with E-state index in [0.717, 1.165) is 41.7 Å². The second kappa shape index (κ2) is 6.54. The molecular weight excluding hydrogens is 387 g/mol. The third-order valence-electron chi connectivity index (χ3n) is 6.78. The predicted molar refractivity (Wildman–Crippen MR) is 109 cm³/mol. The molecule has 2 N–H and O–H groups in total. The van der Waals surface area contributed by atoms with Gasteiger partial charge in [-0.25, -0.2) is 9.18 Å². The van der Waals surface area contributed by atoms with Crippen LogP contribution in [-0.2, 0) is 16.1 Å². The molecule has 2 atom stereocenters. The topological polar surface area (TPSA) is 80.6 Å². The van der Waals surface area contributed by atoms with E-state index < -0.39 is 12.1 Å². The molecule has 0 spiro atoms. The maximum atomic E-state index is 14.6. The van der Waals surface area contributed by atoms with Gasteiger partial charge in [-0.05, 0) is 67.5 Å². The van der Waals surface area contributed by atoms with Crippen LogP contribution < -0.4 is 10.9 Å². The number of carbonyl (C=O) groups excluding carboxylic acids is 1.